The summed E-state index contributed by atoms with van der Waals surface area (Å²) in [5.74, 6) is 0.459. The number of benzene rings is 2. The molecule has 0 radical (unpaired) electrons. The second-order valence-electron chi connectivity index (χ2n) is 5.29. The number of hydrogen-bond acceptors (Lipinski definition) is 6. The molecule has 1 unspecified atom stereocenters. The van der Waals surface area contributed by atoms with Crippen LogP contribution in [0.4, 0.5) is 0 Å². The highest BCUT2D eigenvalue weighted by atomic mass is 16.6. The molecule has 3 N–H and O–H groups in total. The number of nitrogens with one attached hydrogen (secondary N) is 1. The monoisotopic (exact) mass is 328 g/mol. The minimum Gasteiger partial charge on any atom is -0.508 e. The Morgan fingerprint density at radius 3 is 2.79 bits per heavy atom. The Bertz CT molecular complexity index is 780. The van der Waals surface area contributed by atoms with Gasteiger partial charge in [0.15, 0.2) is 11.5 Å². The zero-order valence-corrected chi connectivity index (χ0v) is 12.9. The van der Waals surface area contributed by atoms with Crippen molar-refractivity contribution in [1.82, 2.24) is 5.43 Å². The lowest BCUT2D eigenvalue weighted by Gasteiger charge is -2.24. The summed E-state index contributed by atoms with van der Waals surface area (Å²) >= 11 is 0. The van der Waals surface area contributed by atoms with Gasteiger partial charge in [0, 0.05) is 11.6 Å². The van der Waals surface area contributed by atoms with Crippen molar-refractivity contribution >= 4 is 12.1 Å². The largest absolute Gasteiger partial charge is 0.508 e. The Kier molecular flexibility index (Phi) is 4.24. The van der Waals surface area contributed by atoms with E-state index < -0.39 is 12.0 Å². The van der Waals surface area contributed by atoms with Crippen molar-refractivity contribution < 1.29 is 24.5 Å². The van der Waals surface area contributed by atoms with Crippen LogP contribution in [0, 0.1) is 6.92 Å². The van der Waals surface area contributed by atoms with Gasteiger partial charge >= 0.3 is 0 Å². The molecule has 7 nitrogen and oxygen atoms in total. The molecule has 0 spiro atoms. The quantitative estimate of drug-likeness (QED) is 0.588. The maximum atomic E-state index is 12.1. The standard InChI is InChI=1S/C17H16N2O5/c1-10-6-11(20)7-13(21)12(10)8-18-19-17(22)16-9-23-14-4-2-3-5-15(14)24-16/h2-8,16,20-21H,9H2,1H3,(H,19,22)/b18-8+. The molecule has 0 aromatic heterocycles. The van der Waals surface area contributed by atoms with Crippen LogP contribution < -0.4 is 14.9 Å². The SMILES string of the molecule is Cc1cc(O)cc(O)c1/C=N/NC(=O)C1COc2ccccc2O1. The second-order valence-corrected chi connectivity index (χ2v) is 5.29. The van der Waals surface area contributed by atoms with Gasteiger partial charge in [-0.3, -0.25) is 4.79 Å². The number of amides is 1. The Morgan fingerprint density at radius 2 is 2.04 bits per heavy atom. The third-order valence-corrected chi connectivity index (χ3v) is 3.52. The van der Waals surface area contributed by atoms with Crippen LogP contribution in [0.5, 0.6) is 23.0 Å². The second kappa shape index (κ2) is 6.49. The molecule has 0 bridgehead atoms. The average molecular weight is 328 g/mol. The van der Waals surface area contributed by atoms with E-state index in [0.29, 0.717) is 22.6 Å². The van der Waals surface area contributed by atoms with Crippen LogP contribution in [-0.2, 0) is 4.79 Å². The topological polar surface area (TPSA) is 100 Å². The zero-order valence-electron chi connectivity index (χ0n) is 12.9. The van der Waals surface area contributed by atoms with Crippen molar-refractivity contribution in [1.29, 1.82) is 0 Å². The van der Waals surface area contributed by atoms with E-state index in [1.54, 1.807) is 25.1 Å². The van der Waals surface area contributed by atoms with E-state index in [9.17, 15) is 15.0 Å². The number of carbonyl (C=O) groups is 1. The molecule has 2 aromatic carbocycles. The van der Waals surface area contributed by atoms with E-state index in [2.05, 4.69) is 10.5 Å². The molecule has 1 amide bonds. The van der Waals surface area contributed by atoms with Crippen molar-refractivity contribution in [2.45, 2.75) is 13.0 Å². The van der Waals surface area contributed by atoms with E-state index in [-0.39, 0.29) is 18.1 Å². The number of aryl methyl sites for hydroxylation is 1. The number of rotatable bonds is 3. The van der Waals surface area contributed by atoms with Gasteiger partial charge in [0.05, 0.1) is 6.21 Å². The summed E-state index contributed by atoms with van der Waals surface area (Å²) in [6.07, 6.45) is 0.492. The van der Waals surface area contributed by atoms with E-state index in [4.69, 9.17) is 9.47 Å². The number of hydrogen-bond donors (Lipinski definition) is 3. The molecular weight excluding hydrogens is 312 g/mol. The van der Waals surface area contributed by atoms with Crippen LogP contribution in [0.3, 0.4) is 0 Å². The smallest absolute Gasteiger partial charge is 0.284 e. The summed E-state index contributed by atoms with van der Waals surface area (Å²) in [6, 6.07) is 9.77. The highest BCUT2D eigenvalue weighted by Crippen LogP contribution is 2.30. The van der Waals surface area contributed by atoms with Crippen LogP contribution in [-0.4, -0.2) is 35.0 Å². The van der Waals surface area contributed by atoms with Crippen molar-refractivity contribution in [3.63, 3.8) is 0 Å². The number of carbonyl (C=O) groups excluding carboxylic acids is 1. The maximum absolute atomic E-state index is 12.1. The fraction of sp³-hybridized carbons (Fsp3) is 0.176. The van der Waals surface area contributed by atoms with Crippen LogP contribution in [0.25, 0.3) is 0 Å². The van der Waals surface area contributed by atoms with Crippen molar-refractivity contribution in [2.75, 3.05) is 6.61 Å². The van der Waals surface area contributed by atoms with Gasteiger partial charge in [0.25, 0.3) is 5.91 Å². The van der Waals surface area contributed by atoms with Crippen molar-refractivity contribution in [3.8, 4) is 23.0 Å². The lowest BCUT2D eigenvalue weighted by atomic mass is 10.1. The first-order chi connectivity index (χ1) is 11.5. The molecule has 1 aliphatic rings. The highest BCUT2D eigenvalue weighted by molar-refractivity contribution is 5.88. The molecule has 3 rings (SSSR count). The molecule has 0 saturated heterocycles. The lowest BCUT2D eigenvalue weighted by molar-refractivity contribution is -0.130. The minimum atomic E-state index is -0.813. The van der Waals surface area contributed by atoms with Crippen LogP contribution in [0.15, 0.2) is 41.5 Å². The predicted octanol–water partition coefficient (Wildman–Crippen LogP) is 1.70. The molecular formula is C17H16N2O5. The molecule has 0 saturated carbocycles. The van der Waals surface area contributed by atoms with Gasteiger partial charge in [0.2, 0.25) is 6.10 Å². The number of nitrogens with zero attached hydrogens (tertiary/aromatic N) is 1. The summed E-state index contributed by atoms with van der Waals surface area (Å²) in [6.45, 7) is 1.79. The first kappa shape index (κ1) is 15.7. The summed E-state index contributed by atoms with van der Waals surface area (Å²) in [7, 11) is 0. The third kappa shape index (κ3) is 3.24. The van der Waals surface area contributed by atoms with E-state index in [1.807, 2.05) is 6.07 Å². The first-order valence-electron chi connectivity index (χ1n) is 7.28. The molecule has 0 fully saturated rings. The number of fused-ring (bicyclic) bond motifs is 1. The van der Waals surface area contributed by atoms with E-state index in [0.717, 1.165) is 0 Å². The Balaban J connectivity index is 1.64. The third-order valence-electron chi connectivity index (χ3n) is 3.52. The molecule has 1 atom stereocenters. The molecule has 0 aliphatic carbocycles. The predicted molar refractivity (Wildman–Crippen MR) is 86.6 cm³/mol. The number of aromatic hydroxyl groups is 2. The molecule has 124 valence electrons. The van der Waals surface area contributed by atoms with Gasteiger partial charge in [-0.2, -0.15) is 5.10 Å². The molecule has 2 aromatic rings. The van der Waals surface area contributed by atoms with E-state index >= 15 is 0 Å². The van der Waals surface area contributed by atoms with Crippen molar-refractivity contribution in [3.05, 3.63) is 47.5 Å². The van der Waals surface area contributed by atoms with Crippen LogP contribution in [0.2, 0.25) is 0 Å². The number of phenolic OH excluding ortho intramolecular Hbond substituents is 2. The number of para-hydroxylation sites is 2. The summed E-state index contributed by atoms with van der Waals surface area (Å²) in [5, 5.41) is 23.0. The van der Waals surface area contributed by atoms with Crippen LogP contribution in [0.1, 0.15) is 11.1 Å². The lowest BCUT2D eigenvalue weighted by Crippen LogP contribution is -2.42. The Morgan fingerprint density at radius 1 is 1.29 bits per heavy atom. The van der Waals surface area contributed by atoms with Gasteiger partial charge in [-0.15, -0.1) is 0 Å². The number of ether oxygens (including phenoxy) is 2. The Labute approximate surface area is 138 Å². The summed E-state index contributed by atoms with van der Waals surface area (Å²) in [5.41, 5.74) is 3.38. The highest BCUT2D eigenvalue weighted by Gasteiger charge is 2.27. The molecule has 1 heterocycles. The van der Waals surface area contributed by atoms with E-state index in [1.165, 1.54) is 18.3 Å². The van der Waals surface area contributed by atoms with Gasteiger partial charge in [-0.1, -0.05) is 12.1 Å². The molecule has 1 aliphatic heterocycles. The normalized spacial score (nSPS) is 16.1. The Hall–Kier alpha value is -3.22. The average Bonchev–Trinajstić information content (AvgIpc) is 2.56. The van der Waals surface area contributed by atoms with Gasteiger partial charge in [0.1, 0.15) is 18.1 Å². The van der Waals surface area contributed by atoms with Gasteiger partial charge < -0.3 is 19.7 Å². The van der Waals surface area contributed by atoms with Gasteiger partial charge in [-0.05, 0) is 30.7 Å². The molecule has 24 heavy (non-hydrogen) atoms. The summed E-state index contributed by atoms with van der Waals surface area (Å²) < 4.78 is 11.0. The summed E-state index contributed by atoms with van der Waals surface area (Å²) in [4.78, 5) is 12.1. The number of phenols is 2. The fourth-order valence-electron chi connectivity index (χ4n) is 2.31. The molecule has 7 heteroatoms. The number of hydrazone groups is 1. The fourth-order valence-corrected chi connectivity index (χ4v) is 2.31. The van der Waals surface area contributed by atoms with Gasteiger partial charge in [-0.25, -0.2) is 5.43 Å². The maximum Gasteiger partial charge on any atom is 0.284 e. The zero-order chi connectivity index (χ0) is 17.1. The first-order valence-corrected chi connectivity index (χ1v) is 7.28. The minimum absolute atomic E-state index is 0.0439. The van der Waals surface area contributed by atoms with Crippen LogP contribution >= 0.6 is 0 Å². The van der Waals surface area contributed by atoms with Crippen molar-refractivity contribution in [2.24, 2.45) is 5.10 Å².